The summed E-state index contributed by atoms with van der Waals surface area (Å²) in [5, 5.41) is 0.435. The number of amides is 1. The SMILES string of the molecule is COc1cc(/C=C/C(=O)N(CC2CCCO2)c2nc3c(F)cccc3s2)cc(OC)c1OC. The zero-order valence-corrected chi connectivity index (χ0v) is 19.5. The number of halogens is 1. The van der Waals surface area contributed by atoms with Crippen LogP contribution in [0.1, 0.15) is 18.4 Å². The quantitative estimate of drug-likeness (QED) is 0.443. The van der Waals surface area contributed by atoms with Gasteiger partial charge >= 0.3 is 0 Å². The van der Waals surface area contributed by atoms with Crippen molar-refractivity contribution in [2.75, 3.05) is 39.4 Å². The third-order valence-corrected chi connectivity index (χ3v) is 6.41. The van der Waals surface area contributed by atoms with E-state index in [4.69, 9.17) is 18.9 Å². The number of carbonyl (C=O) groups is 1. The van der Waals surface area contributed by atoms with Crippen molar-refractivity contribution >= 4 is 38.7 Å². The van der Waals surface area contributed by atoms with Crippen LogP contribution < -0.4 is 19.1 Å². The predicted octanol–water partition coefficient (Wildman–Crippen LogP) is 4.69. The van der Waals surface area contributed by atoms with E-state index in [0.29, 0.717) is 45.8 Å². The van der Waals surface area contributed by atoms with Crippen LogP contribution in [0.15, 0.2) is 36.4 Å². The van der Waals surface area contributed by atoms with Gasteiger partial charge in [0.1, 0.15) is 11.3 Å². The van der Waals surface area contributed by atoms with Crippen molar-refractivity contribution in [3.05, 3.63) is 47.8 Å². The maximum atomic E-state index is 14.2. The zero-order chi connectivity index (χ0) is 23.4. The Balaban J connectivity index is 1.65. The molecule has 174 valence electrons. The monoisotopic (exact) mass is 472 g/mol. The Kier molecular flexibility index (Phi) is 7.10. The molecule has 1 atom stereocenters. The van der Waals surface area contributed by atoms with Crippen LogP contribution in [0.2, 0.25) is 0 Å². The topological polar surface area (TPSA) is 70.1 Å². The molecular formula is C24H25FN2O5S. The van der Waals surface area contributed by atoms with Crippen LogP contribution in [0.4, 0.5) is 9.52 Å². The van der Waals surface area contributed by atoms with Crippen molar-refractivity contribution < 1.29 is 28.1 Å². The molecule has 0 N–H and O–H groups in total. The molecule has 2 aromatic carbocycles. The molecule has 1 fully saturated rings. The van der Waals surface area contributed by atoms with E-state index in [9.17, 15) is 9.18 Å². The molecule has 0 saturated carbocycles. The van der Waals surface area contributed by atoms with E-state index in [1.165, 1.54) is 44.8 Å². The van der Waals surface area contributed by atoms with E-state index >= 15 is 0 Å². The normalized spacial score (nSPS) is 15.8. The average Bonchev–Trinajstić information content (AvgIpc) is 3.50. The second-order valence-electron chi connectivity index (χ2n) is 7.46. The van der Waals surface area contributed by atoms with Crippen LogP contribution in [0.25, 0.3) is 16.3 Å². The summed E-state index contributed by atoms with van der Waals surface area (Å²) in [4.78, 5) is 19.2. The van der Waals surface area contributed by atoms with Gasteiger partial charge in [-0.3, -0.25) is 9.69 Å². The Morgan fingerprint density at radius 1 is 1.24 bits per heavy atom. The molecule has 2 heterocycles. The maximum Gasteiger partial charge on any atom is 0.252 e. The van der Waals surface area contributed by atoms with Crippen LogP contribution >= 0.6 is 11.3 Å². The summed E-state index contributed by atoms with van der Waals surface area (Å²) in [5.41, 5.74) is 0.960. The van der Waals surface area contributed by atoms with Gasteiger partial charge in [0.2, 0.25) is 5.75 Å². The number of thiazole rings is 1. The van der Waals surface area contributed by atoms with Crippen molar-refractivity contribution in [2.24, 2.45) is 0 Å². The number of aromatic nitrogens is 1. The van der Waals surface area contributed by atoms with Crippen molar-refractivity contribution in [1.82, 2.24) is 4.98 Å². The Morgan fingerprint density at radius 2 is 2.00 bits per heavy atom. The van der Waals surface area contributed by atoms with Gasteiger partial charge in [-0.2, -0.15) is 0 Å². The lowest BCUT2D eigenvalue weighted by molar-refractivity contribution is -0.114. The largest absolute Gasteiger partial charge is 0.493 e. The molecule has 1 aliphatic rings. The number of hydrogen-bond acceptors (Lipinski definition) is 7. The molecule has 1 amide bonds. The number of para-hydroxylation sites is 1. The van der Waals surface area contributed by atoms with E-state index in [0.717, 1.165) is 12.8 Å². The third kappa shape index (κ3) is 4.94. The van der Waals surface area contributed by atoms with E-state index in [1.54, 1.807) is 35.2 Å². The van der Waals surface area contributed by atoms with Gasteiger partial charge in [0.25, 0.3) is 5.91 Å². The second kappa shape index (κ2) is 10.2. The number of methoxy groups -OCH3 is 3. The lowest BCUT2D eigenvalue weighted by Gasteiger charge is -2.21. The van der Waals surface area contributed by atoms with Crippen LogP contribution in [-0.4, -0.2) is 51.5 Å². The van der Waals surface area contributed by atoms with Gasteiger partial charge in [0, 0.05) is 12.7 Å². The van der Waals surface area contributed by atoms with Crippen molar-refractivity contribution in [3.63, 3.8) is 0 Å². The summed E-state index contributed by atoms with van der Waals surface area (Å²) >= 11 is 1.28. The minimum atomic E-state index is -0.410. The molecule has 9 heteroatoms. The zero-order valence-electron chi connectivity index (χ0n) is 18.7. The summed E-state index contributed by atoms with van der Waals surface area (Å²) in [5.74, 6) is 0.759. The first kappa shape index (κ1) is 23.0. The van der Waals surface area contributed by atoms with Crippen LogP contribution in [0.5, 0.6) is 17.2 Å². The Bertz CT molecular complexity index is 1150. The highest BCUT2D eigenvalue weighted by Gasteiger charge is 2.25. The number of hydrogen-bond donors (Lipinski definition) is 0. The van der Waals surface area contributed by atoms with E-state index in [2.05, 4.69) is 4.98 Å². The van der Waals surface area contributed by atoms with E-state index in [1.807, 2.05) is 0 Å². The molecular weight excluding hydrogens is 447 g/mol. The lowest BCUT2D eigenvalue weighted by Crippen LogP contribution is -2.36. The molecule has 1 aliphatic heterocycles. The molecule has 1 unspecified atom stereocenters. The smallest absolute Gasteiger partial charge is 0.252 e. The van der Waals surface area contributed by atoms with E-state index in [-0.39, 0.29) is 17.5 Å². The molecule has 0 aliphatic carbocycles. The third-order valence-electron chi connectivity index (χ3n) is 5.37. The average molecular weight is 473 g/mol. The summed E-state index contributed by atoms with van der Waals surface area (Å²) in [7, 11) is 4.60. The Labute approximate surface area is 195 Å². The molecule has 0 radical (unpaired) electrons. The van der Waals surface area contributed by atoms with Crippen LogP contribution in [-0.2, 0) is 9.53 Å². The van der Waals surface area contributed by atoms with Gasteiger partial charge in [-0.25, -0.2) is 9.37 Å². The fraction of sp³-hybridized carbons (Fsp3) is 0.333. The van der Waals surface area contributed by atoms with Gasteiger partial charge in [0.15, 0.2) is 16.6 Å². The number of ether oxygens (including phenoxy) is 4. The van der Waals surface area contributed by atoms with Gasteiger partial charge in [-0.05, 0) is 48.7 Å². The predicted molar refractivity (Wildman–Crippen MR) is 126 cm³/mol. The molecule has 33 heavy (non-hydrogen) atoms. The molecule has 7 nitrogen and oxygen atoms in total. The Hall–Kier alpha value is -3.17. The first-order chi connectivity index (χ1) is 16.0. The highest BCUT2D eigenvalue weighted by Crippen LogP contribution is 2.38. The van der Waals surface area contributed by atoms with Crippen molar-refractivity contribution in [1.29, 1.82) is 0 Å². The molecule has 1 saturated heterocycles. The van der Waals surface area contributed by atoms with E-state index < -0.39 is 5.82 Å². The fourth-order valence-electron chi connectivity index (χ4n) is 3.73. The minimum Gasteiger partial charge on any atom is -0.493 e. The van der Waals surface area contributed by atoms with Crippen molar-refractivity contribution in [2.45, 2.75) is 18.9 Å². The van der Waals surface area contributed by atoms with Gasteiger partial charge in [-0.15, -0.1) is 0 Å². The number of benzene rings is 2. The van der Waals surface area contributed by atoms with Crippen LogP contribution in [0, 0.1) is 5.82 Å². The standard InChI is InChI=1S/C24H25FN2O5S/c1-29-18-12-15(13-19(30-2)23(18)31-3)9-10-21(28)27(14-16-6-5-11-32-16)24-26-22-17(25)7-4-8-20(22)33-24/h4,7-10,12-13,16H,5-6,11,14H2,1-3H3/b10-9+. The van der Waals surface area contributed by atoms with Crippen molar-refractivity contribution in [3.8, 4) is 17.2 Å². The number of rotatable bonds is 8. The maximum absolute atomic E-state index is 14.2. The summed E-state index contributed by atoms with van der Waals surface area (Å²) in [6.07, 6.45) is 4.85. The minimum absolute atomic E-state index is 0.0830. The molecule has 1 aromatic heterocycles. The van der Waals surface area contributed by atoms with Crippen LogP contribution in [0.3, 0.4) is 0 Å². The number of carbonyl (C=O) groups excluding carboxylic acids is 1. The molecule has 3 aromatic rings. The van der Waals surface area contributed by atoms with Gasteiger partial charge in [0.05, 0.1) is 38.7 Å². The summed E-state index contributed by atoms with van der Waals surface area (Å²) < 4.78 is 36.7. The first-order valence-electron chi connectivity index (χ1n) is 10.5. The highest BCUT2D eigenvalue weighted by molar-refractivity contribution is 7.22. The first-order valence-corrected chi connectivity index (χ1v) is 11.3. The highest BCUT2D eigenvalue weighted by atomic mass is 32.1. The number of fused-ring (bicyclic) bond motifs is 1. The Morgan fingerprint density at radius 3 is 2.61 bits per heavy atom. The van der Waals surface area contributed by atoms with Gasteiger partial charge < -0.3 is 18.9 Å². The summed E-state index contributed by atoms with van der Waals surface area (Å²) in [6.45, 7) is 1.02. The molecule has 0 spiro atoms. The molecule has 4 rings (SSSR count). The number of anilines is 1. The second-order valence-corrected chi connectivity index (χ2v) is 8.47. The number of nitrogens with zero attached hydrogens (tertiary/aromatic N) is 2. The molecule has 0 bridgehead atoms. The summed E-state index contributed by atoms with van der Waals surface area (Å²) in [6, 6.07) is 8.30. The lowest BCUT2D eigenvalue weighted by atomic mass is 10.1. The van der Waals surface area contributed by atoms with Gasteiger partial charge in [-0.1, -0.05) is 17.4 Å². The fourth-order valence-corrected chi connectivity index (χ4v) is 4.72.